The molecule has 1 saturated heterocycles. The van der Waals surface area contributed by atoms with Crippen LogP contribution in [0.5, 0.6) is 0 Å². The van der Waals surface area contributed by atoms with Crippen LogP contribution in [-0.4, -0.2) is 46.0 Å². The fourth-order valence-electron chi connectivity index (χ4n) is 2.85. The van der Waals surface area contributed by atoms with Crippen LogP contribution in [0.2, 0.25) is 0 Å². The van der Waals surface area contributed by atoms with Gasteiger partial charge in [0.2, 0.25) is 5.91 Å². The van der Waals surface area contributed by atoms with Gasteiger partial charge in [-0.05, 0) is 25.7 Å². The van der Waals surface area contributed by atoms with Crippen molar-refractivity contribution in [1.82, 2.24) is 4.90 Å². The molecule has 1 saturated carbocycles. The number of hydrogen-bond acceptors (Lipinski definition) is 3. The van der Waals surface area contributed by atoms with E-state index >= 15 is 0 Å². The highest BCUT2D eigenvalue weighted by Gasteiger charge is 2.36. The summed E-state index contributed by atoms with van der Waals surface area (Å²) in [6.45, 7) is 3.82. The summed E-state index contributed by atoms with van der Waals surface area (Å²) in [6, 6.07) is 0. The maximum Gasteiger partial charge on any atom is 0.306 e. The molecule has 1 amide bonds. The molecule has 0 aromatic rings. The van der Waals surface area contributed by atoms with Gasteiger partial charge in [-0.3, -0.25) is 9.59 Å². The molecule has 1 aliphatic carbocycles. The molecule has 2 rings (SSSR count). The lowest BCUT2D eigenvalue weighted by Gasteiger charge is -2.33. The molecule has 0 aromatic carbocycles. The van der Waals surface area contributed by atoms with Gasteiger partial charge in [0, 0.05) is 30.0 Å². The number of carboxylic acids is 1. The Kier molecular flexibility index (Phi) is 4.54. The van der Waals surface area contributed by atoms with E-state index in [9.17, 15) is 9.59 Å². The average Bonchev–Trinajstić information content (AvgIpc) is 2.87. The van der Waals surface area contributed by atoms with Crippen LogP contribution in [0.25, 0.3) is 0 Å². The highest BCUT2D eigenvalue weighted by molar-refractivity contribution is 8.00. The second kappa shape index (κ2) is 5.95. The Morgan fingerprint density at radius 2 is 2.06 bits per heavy atom. The molecule has 3 unspecified atom stereocenters. The van der Waals surface area contributed by atoms with Gasteiger partial charge >= 0.3 is 5.97 Å². The standard InChI is InChI=1S/C13H21NO3S/c1-2-11-8-14(5-6-18-11)12(15)9-3-4-10(7-9)13(16)17/h9-11H,2-8H2,1H3,(H,16,17). The first kappa shape index (κ1) is 13.7. The van der Waals surface area contributed by atoms with Gasteiger partial charge < -0.3 is 10.0 Å². The van der Waals surface area contributed by atoms with Crippen LogP contribution in [0.3, 0.4) is 0 Å². The summed E-state index contributed by atoms with van der Waals surface area (Å²) in [5, 5.41) is 9.53. The average molecular weight is 271 g/mol. The van der Waals surface area contributed by atoms with Gasteiger partial charge in [0.1, 0.15) is 0 Å². The number of rotatable bonds is 3. The number of hydrogen-bond donors (Lipinski definition) is 1. The summed E-state index contributed by atoms with van der Waals surface area (Å²) >= 11 is 1.94. The second-order valence-electron chi connectivity index (χ2n) is 5.23. The predicted octanol–water partition coefficient (Wildman–Crippen LogP) is 1.84. The lowest BCUT2D eigenvalue weighted by Crippen LogP contribution is -2.44. The largest absolute Gasteiger partial charge is 0.481 e. The molecular weight excluding hydrogens is 250 g/mol. The summed E-state index contributed by atoms with van der Waals surface area (Å²) in [5.74, 6) is 0.106. The van der Waals surface area contributed by atoms with E-state index in [1.807, 2.05) is 16.7 Å². The van der Waals surface area contributed by atoms with E-state index in [0.29, 0.717) is 18.1 Å². The number of amides is 1. The first-order chi connectivity index (χ1) is 8.61. The Morgan fingerprint density at radius 3 is 2.67 bits per heavy atom. The molecule has 0 radical (unpaired) electrons. The summed E-state index contributed by atoms with van der Waals surface area (Å²) in [6.07, 6.45) is 3.03. The van der Waals surface area contributed by atoms with Crippen molar-refractivity contribution in [3.8, 4) is 0 Å². The van der Waals surface area contributed by atoms with Crippen molar-refractivity contribution in [1.29, 1.82) is 0 Å². The maximum atomic E-state index is 12.4. The van der Waals surface area contributed by atoms with Crippen molar-refractivity contribution >= 4 is 23.6 Å². The fraction of sp³-hybridized carbons (Fsp3) is 0.846. The molecule has 1 aliphatic heterocycles. The van der Waals surface area contributed by atoms with E-state index in [0.717, 1.165) is 31.7 Å². The van der Waals surface area contributed by atoms with Gasteiger partial charge in [-0.2, -0.15) is 11.8 Å². The quantitative estimate of drug-likeness (QED) is 0.851. The third-order valence-corrected chi connectivity index (χ3v) is 5.41. The minimum Gasteiger partial charge on any atom is -0.481 e. The van der Waals surface area contributed by atoms with Crippen molar-refractivity contribution in [2.45, 2.75) is 37.9 Å². The lowest BCUT2D eigenvalue weighted by molar-refractivity contribution is -0.141. The van der Waals surface area contributed by atoms with Crippen molar-refractivity contribution in [3.05, 3.63) is 0 Å². The van der Waals surface area contributed by atoms with Gasteiger partial charge in [0.25, 0.3) is 0 Å². The van der Waals surface area contributed by atoms with Crippen LogP contribution in [0, 0.1) is 11.8 Å². The minimum absolute atomic E-state index is 0.0493. The Bertz CT molecular complexity index is 334. The molecule has 3 atom stereocenters. The SMILES string of the molecule is CCC1CN(C(=O)C2CCC(C(=O)O)C2)CCS1. The van der Waals surface area contributed by atoms with Crippen molar-refractivity contribution < 1.29 is 14.7 Å². The van der Waals surface area contributed by atoms with E-state index in [4.69, 9.17) is 5.11 Å². The first-order valence-corrected chi connectivity index (χ1v) is 7.79. The summed E-state index contributed by atoms with van der Waals surface area (Å²) < 4.78 is 0. The predicted molar refractivity (Wildman–Crippen MR) is 71.6 cm³/mol. The molecule has 2 fully saturated rings. The molecule has 0 aromatic heterocycles. The third kappa shape index (κ3) is 2.99. The van der Waals surface area contributed by atoms with E-state index in [1.54, 1.807) is 0 Å². The zero-order valence-electron chi connectivity index (χ0n) is 10.8. The van der Waals surface area contributed by atoms with Crippen LogP contribution in [0.15, 0.2) is 0 Å². The van der Waals surface area contributed by atoms with E-state index < -0.39 is 5.97 Å². The Hall–Kier alpha value is -0.710. The van der Waals surface area contributed by atoms with Gasteiger partial charge in [0.15, 0.2) is 0 Å². The Morgan fingerprint density at radius 1 is 1.33 bits per heavy atom. The summed E-state index contributed by atoms with van der Waals surface area (Å²) in [7, 11) is 0. The molecule has 2 aliphatic rings. The zero-order valence-corrected chi connectivity index (χ0v) is 11.6. The summed E-state index contributed by atoms with van der Waals surface area (Å²) in [4.78, 5) is 25.2. The first-order valence-electron chi connectivity index (χ1n) is 6.75. The number of carboxylic acid groups (broad SMARTS) is 1. The van der Waals surface area contributed by atoms with Gasteiger partial charge in [0.05, 0.1) is 5.92 Å². The van der Waals surface area contributed by atoms with E-state index in [-0.39, 0.29) is 17.7 Å². The Balaban J connectivity index is 1.89. The Labute approximate surface area is 112 Å². The lowest BCUT2D eigenvalue weighted by atomic mass is 10.0. The highest BCUT2D eigenvalue weighted by Crippen LogP contribution is 2.33. The van der Waals surface area contributed by atoms with Crippen LogP contribution in [0.1, 0.15) is 32.6 Å². The van der Waals surface area contributed by atoms with E-state index in [1.165, 1.54) is 0 Å². The van der Waals surface area contributed by atoms with Crippen molar-refractivity contribution in [2.75, 3.05) is 18.8 Å². The molecule has 18 heavy (non-hydrogen) atoms. The number of nitrogens with zero attached hydrogens (tertiary/aromatic N) is 1. The molecule has 102 valence electrons. The topological polar surface area (TPSA) is 57.6 Å². The molecule has 1 N–H and O–H groups in total. The smallest absolute Gasteiger partial charge is 0.306 e. The zero-order chi connectivity index (χ0) is 13.1. The molecule has 5 heteroatoms. The minimum atomic E-state index is -0.745. The number of aliphatic carboxylic acids is 1. The summed E-state index contributed by atoms with van der Waals surface area (Å²) in [5.41, 5.74) is 0. The van der Waals surface area contributed by atoms with Crippen LogP contribution >= 0.6 is 11.8 Å². The molecule has 4 nitrogen and oxygen atoms in total. The molecular formula is C13H21NO3S. The van der Waals surface area contributed by atoms with Crippen molar-refractivity contribution in [2.24, 2.45) is 11.8 Å². The van der Waals surface area contributed by atoms with E-state index in [2.05, 4.69) is 6.92 Å². The molecule has 0 spiro atoms. The van der Waals surface area contributed by atoms with Crippen LogP contribution < -0.4 is 0 Å². The van der Waals surface area contributed by atoms with Crippen LogP contribution in [0.4, 0.5) is 0 Å². The van der Waals surface area contributed by atoms with Gasteiger partial charge in [-0.25, -0.2) is 0 Å². The number of thioether (sulfide) groups is 1. The second-order valence-corrected chi connectivity index (χ2v) is 6.64. The fourth-order valence-corrected chi connectivity index (χ4v) is 4.03. The van der Waals surface area contributed by atoms with Gasteiger partial charge in [-0.15, -0.1) is 0 Å². The normalized spacial score (nSPS) is 32.5. The number of carbonyl (C=O) groups is 2. The molecule has 0 bridgehead atoms. The highest BCUT2D eigenvalue weighted by atomic mass is 32.2. The van der Waals surface area contributed by atoms with Crippen molar-refractivity contribution in [3.63, 3.8) is 0 Å². The third-order valence-electron chi connectivity index (χ3n) is 4.04. The molecule has 1 heterocycles. The number of carbonyl (C=O) groups excluding carboxylic acids is 1. The van der Waals surface area contributed by atoms with Crippen LogP contribution in [-0.2, 0) is 9.59 Å². The van der Waals surface area contributed by atoms with Gasteiger partial charge in [-0.1, -0.05) is 6.92 Å². The maximum absolute atomic E-state index is 12.4. The monoisotopic (exact) mass is 271 g/mol.